The normalized spacial score (nSPS) is 21.7. The first-order valence-electron chi connectivity index (χ1n) is 7.47. The number of ether oxygens (including phenoxy) is 1. The summed E-state index contributed by atoms with van der Waals surface area (Å²) in [6.07, 6.45) is 4.13. The Kier molecular flexibility index (Phi) is 5.44. The van der Waals surface area contributed by atoms with Crippen LogP contribution in [0.3, 0.4) is 0 Å². The van der Waals surface area contributed by atoms with E-state index in [-0.39, 0.29) is 24.6 Å². The van der Waals surface area contributed by atoms with Crippen molar-refractivity contribution >= 4 is 11.7 Å². The van der Waals surface area contributed by atoms with Gasteiger partial charge in [-0.05, 0) is 43.5 Å². The molecule has 1 saturated carbocycles. The summed E-state index contributed by atoms with van der Waals surface area (Å²) in [7, 11) is 1.63. The molecule has 1 aromatic rings. The molecule has 5 nitrogen and oxygen atoms in total. The zero-order valence-corrected chi connectivity index (χ0v) is 12.7. The highest BCUT2D eigenvalue weighted by atomic mass is 16.5. The molecule has 1 aliphatic carbocycles. The molecule has 3 N–H and O–H groups in total. The number of aliphatic hydroxyl groups excluding tert-OH is 1. The lowest BCUT2D eigenvalue weighted by Gasteiger charge is -2.30. The predicted octanol–water partition coefficient (Wildman–Crippen LogP) is 2.68. The summed E-state index contributed by atoms with van der Waals surface area (Å²) in [4.78, 5) is 12.1. The Balaban J connectivity index is 1.93. The van der Waals surface area contributed by atoms with E-state index < -0.39 is 0 Å². The van der Waals surface area contributed by atoms with Crippen LogP contribution in [-0.4, -0.2) is 30.9 Å². The Morgan fingerprint density at radius 2 is 2.14 bits per heavy atom. The molecule has 116 valence electrons. The molecule has 5 heteroatoms. The molecule has 0 saturated heterocycles. The van der Waals surface area contributed by atoms with E-state index in [1.54, 1.807) is 7.11 Å². The van der Waals surface area contributed by atoms with Crippen LogP contribution in [0.2, 0.25) is 0 Å². The van der Waals surface area contributed by atoms with Crippen LogP contribution in [0.1, 0.15) is 31.2 Å². The minimum Gasteiger partial charge on any atom is -0.496 e. The summed E-state index contributed by atoms with van der Waals surface area (Å²) in [5, 5.41) is 15.2. The molecule has 1 fully saturated rings. The number of carbonyl (C=O) groups is 1. The Bertz CT molecular complexity index is 490. The van der Waals surface area contributed by atoms with Crippen molar-refractivity contribution in [3.8, 4) is 5.75 Å². The van der Waals surface area contributed by atoms with Gasteiger partial charge in [-0.15, -0.1) is 0 Å². The molecule has 2 amide bonds. The predicted molar refractivity (Wildman–Crippen MR) is 82.7 cm³/mol. The van der Waals surface area contributed by atoms with Gasteiger partial charge in [0, 0.05) is 24.3 Å². The largest absolute Gasteiger partial charge is 0.496 e. The summed E-state index contributed by atoms with van der Waals surface area (Å²) in [5.74, 6) is 0.968. The number of rotatable bonds is 4. The molecule has 21 heavy (non-hydrogen) atoms. The van der Waals surface area contributed by atoms with Crippen LogP contribution < -0.4 is 15.4 Å². The monoisotopic (exact) mass is 292 g/mol. The Labute approximate surface area is 125 Å². The lowest BCUT2D eigenvalue weighted by molar-refractivity contribution is 0.156. The van der Waals surface area contributed by atoms with Crippen LogP contribution in [0.5, 0.6) is 5.75 Å². The van der Waals surface area contributed by atoms with Gasteiger partial charge in [-0.25, -0.2) is 4.79 Å². The number of aliphatic hydroxyl groups is 1. The molecule has 0 aliphatic heterocycles. The van der Waals surface area contributed by atoms with Crippen molar-refractivity contribution < 1.29 is 14.6 Å². The number of carbonyl (C=O) groups excluding carboxylic acids is 1. The Morgan fingerprint density at radius 3 is 2.81 bits per heavy atom. The number of hydrogen-bond acceptors (Lipinski definition) is 3. The van der Waals surface area contributed by atoms with Gasteiger partial charge < -0.3 is 20.5 Å². The summed E-state index contributed by atoms with van der Waals surface area (Å²) in [6, 6.07) is 5.37. The van der Waals surface area contributed by atoms with Crippen molar-refractivity contribution in [2.45, 2.75) is 38.6 Å². The lowest BCUT2D eigenvalue weighted by Crippen LogP contribution is -2.45. The minimum absolute atomic E-state index is 0.0584. The zero-order valence-electron chi connectivity index (χ0n) is 12.7. The third-order valence-electron chi connectivity index (χ3n) is 4.11. The van der Waals surface area contributed by atoms with Crippen LogP contribution in [0.15, 0.2) is 18.2 Å². The maximum atomic E-state index is 12.1. The highest BCUT2D eigenvalue weighted by Gasteiger charge is 2.25. The summed E-state index contributed by atoms with van der Waals surface area (Å²) >= 11 is 0. The molecule has 0 aromatic heterocycles. The van der Waals surface area contributed by atoms with Crippen LogP contribution >= 0.6 is 0 Å². The number of urea groups is 1. The van der Waals surface area contributed by atoms with Crippen molar-refractivity contribution in [3.63, 3.8) is 0 Å². The van der Waals surface area contributed by atoms with E-state index in [2.05, 4.69) is 10.6 Å². The number of aryl methyl sites for hydroxylation is 1. The Hall–Kier alpha value is -1.75. The molecular formula is C16H24N2O3. The van der Waals surface area contributed by atoms with Crippen molar-refractivity contribution in [2.75, 3.05) is 19.0 Å². The Morgan fingerprint density at radius 1 is 1.38 bits per heavy atom. The van der Waals surface area contributed by atoms with E-state index in [0.717, 1.165) is 42.7 Å². The third kappa shape index (κ3) is 4.11. The smallest absolute Gasteiger partial charge is 0.319 e. The number of nitrogens with one attached hydrogen (secondary N) is 2. The molecule has 0 bridgehead atoms. The van der Waals surface area contributed by atoms with Gasteiger partial charge in [0.2, 0.25) is 0 Å². The first-order valence-corrected chi connectivity index (χ1v) is 7.47. The number of anilines is 1. The van der Waals surface area contributed by atoms with Gasteiger partial charge in [0.05, 0.1) is 7.11 Å². The second-order valence-electron chi connectivity index (χ2n) is 5.62. The topological polar surface area (TPSA) is 70.6 Å². The number of hydrogen-bond donors (Lipinski definition) is 3. The maximum Gasteiger partial charge on any atom is 0.319 e. The van der Waals surface area contributed by atoms with E-state index in [4.69, 9.17) is 4.74 Å². The van der Waals surface area contributed by atoms with Crippen molar-refractivity contribution in [3.05, 3.63) is 23.8 Å². The van der Waals surface area contributed by atoms with Gasteiger partial charge in [-0.2, -0.15) is 0 Å². The fourth-order valence-electron chi connectivity index (χ4n) is 2.91. The number of amides is 2. The van der Waals surface area contributed by atoms with E-state index in [1.165, 1.54) is 0 Å². The second kappa shape index (κ2) is 7.31. The average molecular weight is 292 g/mol. The molecule has 0 heterocycles. The van der Waals surface area contributed by atoms with E-state index in [9.17, 15) is 9.90 Å². The summed E-state index contributed by atoms with van der Waals surface area (Å²) in [5.41, 5.74) is 1.71. The minimum atomic E-state index is -0.218. The van der Waals surface area contributed by atoms with Crippen molar-refractivity contribution in [1.29, 1.82) is 0 Å². The first-order chi connectivity index (χ1) is 10.1. The maximum absolute atomic E-state index is 12.1. The van der Waals surface area contributed by atoms with Gasteiger partial charge in [-0.3, -0.25) is 0 Å². The number of methoxy groups -OCH3 is 1. The van der Waals surface area contributed by atoms with Crippen LogP contribution in [0, 0.1) is 12.8 Å². The molecule has 0 radical (unpaired) electrons. The fraction of sp³-hybridized carbons (Fsp3) is 0.562. The molecular weight excluding hydrogens is 268 g/mol. The van der Waals surface area contributed by atoms with E-state index >= 15 is 0 Å². The van der Waals surface area contributed by atoms with E-state index in [1.807, 2.05) is 25.1 Å². The number of benzene rings is 1. The highest BCUT2D eigenvalue weighted by Crippen LogP contribution is 2.24. The average Bonchev–Trinajstić information content (AvgIpc) is 2.48. The molecule has 2 atom stereocenters. The second-order valence-corrected chi connectivity index (χ2v) is 5.62. The van der Waals surface area contributed by atoms with Crippen LogP contribution in [-0.2, 0) is 0 Å². The first kappa shape index (κ1) is 15.6. The molecule has 0 unspecified atom stereocenters. The van der Waals surface area contributed by atoms with Gasteiger partial charge >= 0.3 is 6.03 Å². The standard InChI is InChI=1S/C16H24N2O3/c1-11-9-13(7-8-15(11)21-2)17-16(20)18-14-6-4-3-5-12(14)10-19/h7-9,12,14,19H,3-6,10H2,1-2H3,(H2,17,18,20)/t12-,14-/m1/s1. The summed E-state index contributed by atoms with van der Waals surface area (Å²) in [6.45, 7) is 2.07. The lowest BCUT2D eigenvalue weighted by atomic mass is 9.85. The molecule has 2 rings (SSSR count). The van der Waals surface area contributed by atoms with Crippen LogP contribution in [0.4, 0.5) is 10.5 Å². The van der Waals surface area contributed by atoms with Crippen molar-refractivity contribution in [1.82, 2.24) is 5.32 Å². The highest BCUT2D eigenvalue weighted by molar-refractivity contribution is 5.89. The van der Waals surface area contributed by atoms with Crippen molar-refractivity contribution in [2.24, 2.45) is 5.92 Å². The van der Waals surface area contributed by atoms with Crippen LogP contribution in [0.25, 0.3) is 0 Å². The summed E-state index contributed by atoms with van der Waals surface area (Å²) < 4.78 is 5.20. The molecule has 0 spiro atoms. The molecule has 1 aromatic carbocycles. The fourth-order valence-corrected chi connectivity index (χ4v) is 2.91. The van der Waals surface area contributed by atoms with Gasteiger partial charge in [0.25, 0.3) is 0 Å². The van der Waals surface area contributed by atoms with E-state index in [0.29, 0.717) is 0 Å². The van der Waals surface area contributed by atoms with Gasteiger partial charge in [-0.1, -0.05) is 12.8 Å². The quantitative estimate of drug-likeness (QED) is 0.799. The van der Waals surface area contributed by atoms with Gasteiger partial charge in [0.15, 0.2) is 0 Å². The SMILES string of the molecule is COc1ccc(NC(=O)N[C@@H]2CCCC[C@@H]2CO)cc1C. The zero-order chi connectivity index (χ0) is 15.2. The molecule has 1 aliphatic rings. The van der Waals surface area contributed by atoms with Gasteiger partial charge in [0.1, 0.15) is 5.75 Å². The third-order valence-corrected chi connectivity index (χ3v) is 4.11.